The predicted molar refractivity (Wildman–Crippen MR) is 79.2 cm³/mol. The van der Waals surface area contributed by atoms with Crippen LogP contribution < -0.4 is 5.32 Å². The van der Waals surface area contributed by atoms with E-state index in [2.05, 4.69) is 37.3 Å². The molecule has 5 nitrogen and oxygen atoms in total. The molecule has 0 saturated carbocycles. The highest BCUT2D eigenvalue weighted by Gasteiger charge is 2.16. The van der Waals surface area contributed by atoms with Crippen LogP contribution in [-0.4, -0.2) is 20.9 Å². The van der Waals surface area contributed by atoms with Crippen molar-refractivity contribution in [2.24, 2.45) is 7.05 Å². The van der Waals surface area contributed by atoms with E-state index in [-0.39, 0.29) is 11.7 Å². The highest BCUT2D eigenvalue weighted by molar-refractivity contribution is 7.12. The number of carboxylic acid groups (broad SMARTS) is 1. The van der Waals surface area contributed by atoms with Crippen LogP contribution in [0.4, 0.5) is 0 Å². The summed E-state index contributed by atoms with van der Waals surface area (Å²) in [6, 6.07) is 2.36. The van der Waals surface area contributed by atoms with Crippen molar-refractivity contribution in [3.8, 4) is 0 Å². The predicted octanol–water partition coefficient (Wildman–Crippen LogP) is 2.65. The second-order valence-electron chi connectivity index (χ2n) is 4.95. The van der Waals surface area contributed by atoms with E-state index in [4.69, 9.17) is 5.11 Å². The highest BCUT2D eigenvalue weighted by atomic mass is 32.1. The molecule has 2 rings (SSSR count). The first kappa shape index (κ1) is 14.7. The zero-order chi connectivity index (χ0) is 14.9. The van der Waals surface area contributed by atoms with Crippen molar-refractivity contribution in [2.45, 2.75) is 33.4 Å². The van der Waals surface area contributed by atoms with Crippen LogP contribution in [0.3, 0.4) is 0 Å². The van der Waals surface area contributed by atoms with Gasteiger partial charge in [-0.3, -0.25) is 4.68 Å². The number of aromatic carboxylic acids is 1. The minimum Gasteiger partial charge on any atom is -0.476 e. The number of nitrogens with one attached hydrogen (secondary N) is 1. The van der Waals surface area contributed by atoms with Gasteiger partial charge in [0.2, 0.25) is 0 Å². The summed E-state index contributed by atoms with van der Waals surface area (Å²) in [6.45, 7) is 6.78. The Morgan fingerprint density at radius 1 is 1.55 bits per heavy atom. The van der Waals surface area contributed by atoms with Gasteiger partial charge in [0, 0.05) is 41.1 Å². The molecular weight excluding hydrogens is 274 g/mol. The maximum Gasteiger partial charge on any atom is 0.356 e. The number of carbonyl (C=O) groups is 1. The monoisotopic (exact) mass is 293 g/mol. The summed E-state index contributed by atoms with van der Waals surface area (Å²) >= 11 is 1.78. The van der Waals surface area contributed by atoms with Crippen molar-refractivity contribution >= 4 is 17.3 Å². The van der Waals surface area contributed by atoms with Crippen LogP contribution in [0.2, 0.25) is 0 Å². The summed E-state index contributed by atoms with van der Waals surface area (Å²) in [5.41, 5.74) is 2.09. The lowest BCUT2D eigenvalue weighted by molar-refractivity contribution is 0.0688. The quantitative estimate of drug-likeness (QED) is 0.889. The lowest BCUT2D eigenvalue weighted by Crippen LogP contribution is -2.19. The van der Waals surface area contributed by atoms with E-state index >= 15 is 0 Å². The largest absolute Gasteiger partial charge is 0.476 e. The van der Waals surface area contributed by atoms with Crippen molar-refractivity contribution in [1.29, 1.82) is 0 Å². The molecule has 0 spiro atoms. The van der Waals surface area contributed by atoms with Crippen molar-refractivity contribution < 1.29 is 9.90 Å². The van der Waals surface area contributed by atoms with Gasteiger partial charge in [-0.1, -0.05) is 0 Å². The number of hydrogen-bond donors (Lipinski definition) is 2. The van der Waals surface area contributed by atoms with Crippen molar-refractivity contribution in [3.63, 3.8) is 0 Å². The summed E-state index contributed by atoms with van der Waals surface area (Å²) < 4.78 is 1.53. The molecule has 0 amide bonds. The van der Waals surface area contributed by atoms with Crippen LogP contribution in [-0.2, 0) is 13.6 Å². The molecule has 0 radical (unpaired) electrons. The third kappa shape index (κ3) is 3.08. The molecule has 2 heterocycles. The molecule has 0 aliphatic rings. The van der Waals surface area contributed by atoms with Gasteiger partial charge in [-0.25, -0.2) is 4.79 Å². The summed E-state index contributed by atoms with van der Waals surface area (Å²) in [7, 11) is 1.73. The molecule has 0 aromatic carbocycles. The van der Waals surface area contributed by atoms with Gasteiger partial charge in [0.25, 0.3) is 0 Å². The van der Waals surface area contributed by atoms with Crippen LogP contribution in [0.1, 0.15) is 44.3 Å². The average molecular weight is 293 g/mol. The Kier molecular flexibility index (Phi) is 4.25. The maximum atomic E-state index is 11.1. The Bertz CT molecular complexity index is 630. The standard InChI is InChI=1S/C14H19N3O2S/c1-8-5-12(10(3)20-8)9(2)15-6-11-7-17(4)16-13(11)14(18)19/h5,7,9,15H,6H2,1-4H3,(H,18,19). The molecule has 6 heteroatoms. The van der Waals surface area contributed by atoms with E-state index in [9.17, 15) is 4.79 Å². The van der Waals surface area contributed by atoms with E-state index in [1.54, 1.807) is 24.6 Å². The lowest BCUT2D eigenvalue weighted by Gasteiger charge is -2.13. The smallest absolute Gasteiger partial charge is 0.356 e. The van der Waals surface area contributed by atoms with Crippen molar-refractivity contribution in [1.82, 2.24) is 15.1 Å². The Hall–Kier alpha value is -1.66. The number of hydrogen-bond acceptors (Lipinski definition) is 4. The normalized spacial score (nSPS) is 12.6. The van der Waals surface area contributed by atoms with E-state index in [1.165, 1.54) is 20.0 Å². The summed E-state index contributed by atoms with van der Waals surface area (Å²) in [5, 5.41) is 16.4. The minimum atomic E-state index is -0.988. The first-order valence-corrected chi connectivity index (χ1v) is 7.26. The molecule has 2 aromatic rings. The average Bonchev–Trinajstić information content (AvgIpc) is 2.89. The SMILES string of the molecule is Cc1cc(C(C)NCc2cn(C)nc2C(=O)O)c(C)s1. The van der Waals surface area contributed by atoms with Gasteiger partial charge in [-0.2, -0.15) is 5.10 Å². The molecule has 108 valence electrons. The lowest BCUT2D eigenvalue weighted by atomic mass is 10.1. The van der Waals surface area contributed by atoms with E-state index in [1.807, 2.05) is 0 Å². The highest BCUT2D eigenvalue weighted by Crippen LogP contribution is 2.26. The Labute approximate surface area is 122 Å². The van der Waals surface area contributed by atoms with Gasteiger partial charge in [0.15, 0.2) is 5.69 Å². The molecule has 2 aromatic heterocycles. The summed E-state index contributed by atoms with van der Waals surface area (Å²) in [4.78, 5) is 13.7. The van der Waals surface area contributed by atoms with E-state index in [0.29, 0.717) is 12.1 Å². The summed E-state index contributed by atoms with van der Waals surface area (Å²) in [6.07, 6.45) is 1.74. The fraction of sp³-hybridized carbons (Fsp3) is 0.429. The molecule has 2 N–H and O–H groups in total. The van der Waals surface area contributed by atoms with Crippen molar-refractivity contribution in [3.05, 3.63) is 38.8 Å². The first-order chi connectivity index (χ1) is 9.38. The number of thiophene rings is 1. The second kappa shape index (κ2) is 5.76. The van der Waals surface area contributed by atoms with Crippen LogP contribution >= 0.6 is 11.3 Å². The Balaban J connectivity index is 2.09. The molecule has 1 unspecified atom stereocenters. The van der Waals surface area contributed by atoms with Gasteiger partial charge < -0.3 is 10.4 Å². The number of rotatable bonds is 5. The first-order valence-electron chi connectivity index (χ1n) is 6.44. The third-order valence-electron chi connectivity index (χ3n) is 3.25. The molecule has 20 heavy (non-hydrogen) atoms. The van der Waals surface area contributed by atoms with Gasteiger partial charge in [0.05, 0.1) is 0 Å². The number of aromatic nitrogens is 2. The van der Waals surface area contributed by atoms with E-state index < -0.39 is 5.97 Å². The molecule has 0 bridgehead atoms. The minimum absolute atomic E-state index is 0.116. The van der Waals surface area contributed by atoms with Crippen LogP contribution in [0.5, 0.6) is 0 Å². The second-order valence-corrected chi connectivity index (χ2v) is 6.41. The van der Waals surface area contributed by atoms with Crippen molar-refractivity contribution in [2.75, 3.05) is 0 Å². The zero-order valence-corrected chi connectivity index (χ0v) is 12.9. The van der Waals surface area contributed by atoms with Gasteiger partial charge >= 0.3 is 5.97 Å². The maximum absolute atomic E-state index is 11.1. The third-order valence-corrected chi connectivity index (χ3v) is 4.23. The molecule has 0 saturated heterocycles. The van der Waals surface area contributed by atoms with Gasteiger partial charge in [0.1, 0.15) is 0 Å². The van der Waals surface area contributed by atoms with Gasteiger partial charge in [-0.15, -0.1) is 11.3 Å². The molecule has 0 aliphatic carbocycles. The molecular formula is C14H19N3O2S. The van der Waals surface area contributed by atoms with Crippen LogP contribution in [0, 0.1) is 13.8 Å². The zero-order valence-electron chi connectivity index (χ0n) is 12.1. The summed E-state index contributed by atoms with van der Waals surface area (Å²) in [5.74, 6) is -0.988. The molecule has 1 atom stereocenters. The number of carboxylic acids is 1. The van der Waals surface area contributed by atoms with E-state index in [0.717, 1.165) is 0 Å². The Morgan fingerprint density at radius 2 is 2.25 bits per heavy atom. The van der Waals surface area contributed by atoms with Gasteiger partial charge in [-0.05, 0) is 32.4 Å². The Morgan fingerprint density at radius 3 is 2.80 bits per heavy atom. The van der Waals surface area contributed by atoms with Crippen LogP contribution in [0.25, 0.3) is 0 Å². The van der Waals surface area contributed by atoms with Crippen LogP contribution in [0.15, 0.2) is 12.3 Å². The molecule has 0 fully saturated rings. The fourth-order valence-electron chi connectivity index (χ4n) is 2.30. The topological polar surface area (TPSA) is 67.2 Å². The molecule has 0 aliphatic heterocycles. The number of nitrogens with zero attached hydrogens (tertiary/aromatic N) is 2. The fourth-order valence-corrected chi connectivity index (χ4v) is 3.32. The number of aryl methyl sites for hydroxylation is 3.